The first-order chi connectivity index (χ1) is 11.6. The fourth-order valence-corrected chi connectivity index (χ4v) is 3.63. The summed E-state index contributed by atoms with van der Waals surface area (Å²) in [7, 11) is 0. The molecule has 0 radical (unpaired) electrons. The summed E-state index contributed by atoms with van der Waals surface area (Å²) in [6.45, 7) is 0.344. The highest BCUT2D eigenvalue weighted by Crippen LogP contribution is 2.38. The van der Waals surface area contributed by atoms with Gasteiger partial charge >= 0.3 is 0 Å². The lowest BCUT2D eigenvalue weighted by Crippen LogP contribution is -2.39. The normalized spacial score (nSPS) is 17.1. The second-order valence-electron chi connectivity index (χ2n) is 5.37. The summed E-state index contributed by atoms with van der Waals surface area (Å²) in [5.74, 6) is -0.334. The average Bonchev–Trinajstić information content (AvgIpc) is 2.95. The Labute approximate surface area is 143 Å². The van der Waals surface area contributed by atoms with Crippen LogP contribution in [0.4, 0.5) is 4.39 Å². The van der Waals surface area contributed by atoms with Gasteiger partial charge in [0.1, 0.15) is 17.7 Å². The van der Waals surface area contributed by atoms with Crippen molar-refractivity contribution in [3.63, 3.8) is 0 Å². The number of rotatable bonds is 5. The molecule has 1 aromatic carbocycles. The quantitative estimate of drug-likeness (QED) is 0.902. The third kappa shape index (κ3) is 3.91. The van der Waals surface area contributed by atoms with Crippen LogP contribution in [0.5, 0.6) is 0 Å². The molecule has 1 saturated heterocycles. The molecule has 1 unspecified atom stereocenters. The number of hydrogen-bond donors (Lipinski definition) is 1. The molecule has 1 aliphatic rings. The van der Waals surface area contributed by atoms with E-state index in [2.05, 4.69) is 10.3 Å². The van der Waals surface area contributed by atoms with E-state index >= 15 is 0 Å². The highest BCUT2D eigenvalue weighted by Gasteiger charge is 2.33. The minimum Gasteiger partial charge on any atom is -0.350 e. The Bertz CT molecular complexity index is 724. The maximum absolute atomic E-state index is 13.1. The fourth-order valence-electron chi connectivity index (χ4n) is 2.44. The van der Waals surface area contributed by atoms with Crippen molar-refractivity contribution in [2.75, 3.05) is 12.3 Å². The Kier molecular flexibility index (Phi) is 5.10. The summed E-state index contributed by atoms with van der Waals surface area (Å²) >= 11 is 1.44. The first-order valence-electron chi connectivity index (χ1n) is 7.45. The Balaban J connectivity index is 1.62. The van der Waals surface area contributed by atoms with Crippen molar-refractivity contribution in [2.24, 2.45) is 0 Å². The molecule has 1 aliphatic heterocycles. The molecule has 1 atom stereocenters. The third-order valence-corrected chi connectivity index (χ3v) is 4.91. The SMILES string of the molecule is O=C(CN1C(=O)CSC1c1ccc(F)cc1)NCc1cccnc1. The van der Waals surface area contributed by atoms with E-state index in [0.29, 0.717) is 12.3 Å². The van der Waals surface area contributed by atoms with Crippen LogP contribution in [0.1, 0.15) is 16.5 Å². The van der Waals surface area contributed by atoms with E-state index in [1.54, 1.807) is 30.6 Å². The topological polar surface area (TPSA) is 62.3 Å². The molecular weight excluding hydrogens is 329 g/mol. The third-order valence-electron chi connectivity index (χ3n) is 3.65. The lowest BCUT2D eigenvalue weighted by molar-refractivity contribution is -0.133. The average molecular weight is 345 g/mol. The molecule has 1 aromatic heterocycles. The van der Waals surface area contributed by atoms with Crippen molar-refractivity contribution in [3.8, 4) is 0 Å². The molecule has 0 aliphatic carbocycles. The minimum absolute atomic E-state index is 0.0197. The second-order valence-corrected chi connectivity index (χ2v) is 6.44. The molecule has 0 spiro atoms. The summed E-state index contributed by atoms with van der Waals surface area (Å²) < 4.78 is 13.1. The van der Waals surface area contributed by atoms with Gasteiger partial charge in [0.05, 0.1) is 5.75 Å². The van der Waals surface area contributed by atoms with Crippen molar-refractivity contribution in [1.29, 1.82) is 0 Å². The standard InChI is InChI=1S/C17H16FN3O2S/c18-14-5-3-13(4-6-14)17-21(16(23)11-24-17)10-15(22)20-9-12-2-1-7-19-8-12/h1-8,17H,9-11H2,(H,20,22). The minimum atomic E-state index is -0.325. The van der Waals surface area contributed by atoms with Crippen molar-refractivity contribution in [3.05, 3.63) is 65.7 Å². The zero-order valence-corrected chi connectivity index (χ0v) is 13.6. The first-order valence-corrected chi connectivity index (χ1v) is 8.50. The smallest absolute Gasteiger partial charge is 0.239 e. The number of hydrogen-bond acceptors (Lipinski definition) is 4. The van der Waals surface area contributed by atoms with Gasteiger partial charge in [-0.2, -0.15) is 0 Å². The lowest BCUT2D eigenvalue weighted by atomic mass is 10.2. The molecule has 3 rings (SSSR count). The van der Waals surface area contributed by atoms with E-state index in [9.17, 15) is 14.0 Å². The highest BCUT2D eigenvalue weighted by atomic mass is 32.2. The van der Waals surface area contributed by atoms with Gasteiger partial charge in [0, 0.05) is 18.9 Å². The molecule has 7 heteroatoms. The van der Waals surface area contributed by atoms with Gasteiger partial charge in [0.15, 0.2) is 0 Å². The number of thioether (sulfide) groups is 1. The van der Waals surface area contributed by atoms with Gasteiger partial charge in [-0.05, 0) is 29.3 Å². The number of amides is 2. The maximum Gasteiger partial charge on any atom is 0.239 e. The van der Waals surface area contributed by atoms with Gasteiger partial charge in [-0.15, -0.1) is 11.8 Å². The van der Waals surface area contributed by atoms with Crippen molar-refractivity contribution in [2.45, 2.75) is 11.9 Å². The van der Waals surface area contributed by atoms with Gasteiger partial charge in [-0.3, -0.25) is 14.6 Å². The number of carbonyl (C=O) groups is 2. The molecule has 124 valence electrons. The number of nitrogens with one attached hydrogen (secondary N) is 1. The number of benzene rings is 1. The molecule has 2 amide bonds. The summed E-state index contributed by atoms with van der Waals surface area (Å²) in [4.78, 5) is 29.7. The maximum atomic E-state index is 13.1. The summed E-state index contributed by atoms with van der Waals surface area (Å²) in [5.41, 5.74) is 1.70. The molecule has 1 fully saturated rings. The van der Waals surface area contributed by atoms with Crippen LogP contribution >= 0.6 is 11.8 Å². The van der Waals surface area contributed by atoms with Gasteiger partial charge in [-0.1, -0.05) is 18.2 Å². The van der Waals surface area contributed by atoms with E-state index in [-0.39, 0.29) is 29.6 Å². The predicted octanol–water partition coefficient (Wildman–Crippen LogP) is 2.11. The Hall–Kier alpha value is -2.41. The second kappa shape index (κ2) is 7.44. The number of nitrogens with zero attached hydrogens (tertiary/aromatic N) is 2. The predicted molar refractivity (Wildman–Crippen MR) is 89.4 cm³/mol. The van der Waals surface area contributed by atoms with Crippen LogP contribution in [-0.2, 0) is 16.1 Å². The van der Waals surface area contributed by atoms with E-state index in [0.717, 1.165) is 11.1 Å². The summed E-state index contributed by atoms with van der Waals surface area (Å²) in [5, 5.41) is 2.52. The molecular formula is C17H16FN3O2S. The van der Waals surface area contributed by atoms with Crippen molar-refractivity contribution in [1.82, 2.24) is 15.2 Å². The van der Waals surface area contributed by atoms with Crippen LogP contribution in [0.15, 0.2) is 48.8 Å². The van der Waals surface area contributed by atoms with Crippen LogP contribution in [0, 0.1) is 5.82 Å². The Morgan fingerprint density at radius 2 is 2.12 bits per heavy atom. The zero-order valence-electron chi connectivity index (χ0n) is 12.8. The fraction of sp³-hybridized carbons (Fsp3) is 0.235. The number of carbonyl (C=O) groups excluding carboxylic acids is 2. The van der Waals surface area contributed by atoms with Crippen LogP contribution in [0.3, 0.4) is 0 Å². The molecule has 1 N–H and O–H groups in total. The Morgan fingerprint density at radius 3 is 2.83 bits per heavy atom. The van der Waals surface area contributed by atoms with Crippen LogP contribution in [0.25, 0.3) is 0 Å². The number of aromatic nitrogens is 1. The van der Waals surface area contributed by atoms with Crippen LogP contribution in [-0.4, -0.2) is 34.0 Å². The van der Waals surface area contributed by atoms with E-state index in [4.69, 9.17) is 0 Å². The van der Waals surface area contributed by atoms with Gasteiger partial charge in [0.2, 0.25) is 11.8 Å². The van der Waals surface area contributed by atoms with Gasteiger partial charge in [0.25, 0.3) is 0 Å². The van der Waals surface area contributed by atoms with E-state index in [1.165, 1.54) is 28.8 Å². The molecule has 24 heavy (non-hydrogen) atoms. The van der Waals surface area contributed by atoms with E-state index < -0.39 is 0 Å². The van der Waals surface area contributed by atoms with Crippen molar-refractivity contribution < 1.29 is 14.0 Å². The molecule has 5 nitrogen and oxygen atoms in total. The molecule has 0 bridgehead atoms. The van der Waals surface area contributed by atoms with Crippen molar-refractivity contribution >= 4 is 23.6 Å². The lowest BCUT2D eigenvalue weighted by Gasteiger charge is -2.23. The first kappa shape index (κ1) is 16.4. The number of pyridine rings is 1. The monoisotopic (exact) mass is 345 g/mol. The van der Waals surface area contributed by atoms with E-state index in [1.807, 2.05) is 6.07 Å². The van der Waals surface area contributed by atoms with Crippen LogP contribution in [0.2, 0.25) is 0 Å². The highest BCUT2D eigenvalue weighted by molar-refractivity contribution is 8.00. The van der Waals surface area contributed by atoms with Gasteiger partial charge in [-0.25, -0.2) is 4.39 Å². The number of halogens is 1. The molecule has 0 saturated carbocycles. The molecule has 2 aromatic rings. The zero-order chi connectivity index (χ0) is 16.9. The Morgan fingerprint density at radius 1 is 1.33 bits per heavy atom. The summed E-state index contributed by atoms with van der Waals surface area (Å²) in [6.07, 6.45) is 3.34. The van der Waals surface area contributed by atoms with Gasteiger partial charge < -0.3 is 10.2 Å². The molecule has 2 heterocycles. The van der Waals surface area contributed by atoms with Crippen LogP contribution < -0.4 is 5.32 Å². The summed E-state index contributed by atoms with van der Waals surface area (Å²) in [6, 6.07) is 9.68. The largest absolute Gasteiger partial charge is 0.350 e.